The summed E-state index contributed by atoms with van der Waals surface area (Å²) in [7, 11) is 0. The monoisotopic (exact) mass is 308 g/mol. The zero-order valence-electron chi connectivity index (χ0n) is 12.5. The van der Waals surface area contributed by atoms with Crippen LogP contribution in [-0.2, 0) is 0 Å². The number of carbonyl (C=O) groups excluding carboxylic acids is 1. The van der Waals surface area contributed by atoms with Crippen molar-refractivity contribution in [2.75, 3.05) is 26.2 Å². The van der Waals surface area contributed by atoms with Crippen molar-refractivity contribution < 1.29 is 4.79 Å². The highest BCUT2D eigenvalue weighted by Gasteiger charge is 2.16. The van der Waals surface area contributed by atoms with Gasteiger partial charge in [0.15, 0.2) is 5.96 Å². The number of carbonyl (C=O) groups is 1. The number of rotatable bonds is 5. The van der Waals surface area contributed by atoms with Crippen molar-refractivity contribution in [3.8, 4) is 0 Å². The molecule has 1 fully saturated rings. The molecule has 6 heteroatoms. The average molecular weight is 308 g/mol. The number of amides is 1. The van der Waals surface area contributed by atoms with Crippen molar-refractivity contribution in [1.29, 1.82) is 0 Å². The van der Waals surface area contributed by atoms with Gasteiger partial charge in [-0.25, -0.2) is 0 Å². The van der Waals surface area contributed by atoms with E-state index in [1.165, 1.54) is 24.2 Å². The molecule has 1 aliphatic heterocycles. The Morgan fingerprint density at radius 1 is 1.52 bits per heavy atom. The minimum absolute atomic E-state index is 0.00744. The van der Waals surface area contributed by atoms with Gasteiger partial charge in [0.05, 0.1) is 4.88 Å². The average Bonchev–Trinajstić information content (AvgIpc) is 3.01. The Morgan fingerprint density at radius 2 is 2.29 bits per heavy atom. The minimum atomic E-state index is -0.00744. The number of aliphatic imine (C=N–C) groups is 1. The lowest BCUT2D eigenvalue weighted by Gasteiger charge is -2.31. The molecule has 0 aromatic carbocycles. The quantitative estimate of drug-likeness (QED) is 0.496. The van der Waals surface area contributed by atoms with Crippen molar-refractivity contribution in [2.24, 2.45) is 16.6 Å². The molecule has 1 saturated heterocycles. The smallest absolute Gasteiger partial charge is 0.261 e. The van der Waals surface area contributed by atoms with E-state index in [0.717, 1.165) is 30.3 Å². The van der Waals surface area contributed by atoms with Gasteiger partial charge in [-0.3, -0.25) is 9.79 Å². The summed E-state index contributed by atoms with van der Waals surface area (Å²) in [5.74, 6) is 1.43. The predicted molar refractivity (Wildman–Crippen MR) is 87.7 cm³/mol. The Balaban J connectivity index is 1.62. The molecule has 1 aromatic heterocycles. The Bertz CT molecular complexity index is 464. The molecule has 116 valence electrons. The fourth-order valence-corrected chi connectivity index (χ4v) is 2.95. The summed E-state index contributed by atoms with van der Waals surface area (Å²) < 4.78 is 0. The molecule has 0 bridgehead atoms. The van der Waals surface area contributed by atoms with E-state index in [-0.39, 0.29) is 5.91 Å². The molecule has 0 saturated carbocycles. The molecule has 0 radical (unpaired) electrons. The van der Waals surface area contributed by atoms with Crippen LogP contribution in [0.4, 0.5) is 0 Å². The molecule has 0 aliphatic carbocycles. The molecule has 0 atom stereocenters. The summed E-state index contributed by atoms with van der Waals surface area (Å²) in [4.78, 5) is 19.0. The van der Waals surface area contributed by atoms with Gasteiger partial charge in [0.2, 0.25) is 0 Å². The van der Waals surface area contributed by atoms with Gasteiger partial charge < -0.3 is 16.0 Å². The molecule has 3 N–H and O–H groups in total. The molecular formula is C15H24N4OS. The van der Waals surface area contributed by atoms with Gasteiger partial charge >= 0.3 is 0 Å². The number of likely N-dealkylation sites (tertiary alicyclic amines) is 1. The van der Waals surface area contributed by atoms with Crippen LogP contribution in [0, 0.1) is 5.92 Å². The second-order valence-corrected chi connectivity index (χ2v) is 6.44. The molecule has 2 heterocycles. The third kappa shape index (κ3) is 5.04. The number of nitrogens with one attached hydrogen (secondary N) is 1. The first-order chi connectivity index (χ1) is 10.2. The van der Waals surface area contributed by atoms with Gasteiger partial charge in [-0.2, -0.15) is 0 Å². The number of nitrogens with two attached hydrogens (primary N) is 1. The minimum Gasteiger partial charge on any atom is -0.370 e. The molecule has 5 nitrogen and oxygen atoms in total. The SMILES string of the molecule is CC1CCN(C(N)=NCCCNC(=O)c2cccs2)CC1. The first-order valence-electron chi connectivity index (χ1n) is 7.53. The molecule has 0 spiro atoms. The second kappa shape index (κ2) is 8.02. The fraction of sp³-hybridized carbons (Fsp3) is 0.600. The maximum absolute atomic E-state index is 11.7. The highest BCUT2D eigenvalue weighted by Crippen LogP contribution is 2.15. The lowest BCUT2D eigenvalue weighted by molar-refractivity contribution is 0.0957. The number of thiophene rings is 1. The van der Waals surface area contributed by atoms with Crippen LogP contribution in [0.3, 0.4) is 0 Å². The van der Waals surface area contributed by atoms with Crippen molar-refractivity contribution in [3.63, 3.8) is 0 Å². The highest BCUT2D eigenvalue weighted by molar-refractivity contribution is 7.12. The van der Waals surface area contributed by atoms with Gasteiger partial charge in [0.25, 0.3) is 5.91 Å². The number of guanidine groups is 1. The summed E-state index contributed by atoms with van der Waals surface area (Å²) in [6.45, 7) is 5.57. The van der Waals surface area contributed by atoms with Crippen molar-refractivity contribution >= 4 is 23.2 Å². The predicted octanol–water partition coefficient (Wildman–Crippen LogP) is 1.91. The Hall–Kier alpha value is -1.56. The van der Waals surface area contributed by atoms with E-state index < -0.39 is 0 Å². The molecule has 2 rings (SSSR count). The summed E-state index contributed by atoms with van der Waals surface area (Å²) in [5.41, 5.74) is 6.00. The van der Waals surface area contributed by atoms with Crippen molar-refractivity contribution in [1.82, 2.24) is 10.2 Å². The summed E-state index contributed by atoms with van der Waals surface area (Å²) in [6, 6.07) is 3.71. The van der Waals surface area contributed by atoms with E-state index in [9.17, 15) is 4.79 Å². The van der Waals surface area contributed by atoms with Crippen LogP contribution >= 0.6 is 11.3 Å². The van der Waals surface area contributed by atoms with E-state index >= 15 is 0 Å². The van der Waals surface area contributed by atoms with Crippen LogP contribution in [0.2, 0.25) is 0 Å². The lowest BCUT2D eigenvalue weighted by atomic mass is 10.00. The van der Waals surface area contributed by atoms with Gasteiger partial charge in [-0.05, 0) is 36.6 Å². The summed E-state index contributed by atoms with van der Waals surface area (Å²) >= 11 is 1.45. The molecule has 21 heavy (non-hydrogen) atoms. The highest BCUT2D eigenvalue weighted by atomic mass is 32.1. The maximum Gasteiger partial charge on any atom is 0.261 e. The van der Waals surface area contributed by atoms with Gasteiger partial charge in [-0.15, -0.1) is 11.3 Å². The van der Waals surface area contributed by atoms with Crippen LogP contribution in [0.5, 0.6) is 0 Å². The van der Waals surface area contributed by atoms with Gasteiger partial charge in [0.1, 0.15) is 0 Å². The van der Waals surface area contributed by atoms with E-state index in [2.05, 4.69) is 22.1 Å². The topological polar surface area (TPSA) is 70.7 Å². The van der Waals surface area contributed by atoms with Crippen LogP contribution in [-0.4, -0.2) is 42.9 Å². The molecule has 1 aliphatic rings. The second-order valence-electron chi connectivity index (χ2n) is 5.50. The third-order valence-corrected chi connectivity index (χ3v) is 4.62. The van der Waals surface area contributed by atoms with Crippen LogP contribution in [0.1, 0.15) is 35.9 Å². The van der Waals surface area contributed by atoms with E-state index in [1.54, 1.807) is 0 Å². The standard InChI is InChI=1S/C15H24N4OS/c1-12-5-9-19(10-6-12)15(16)18-8-3-7-17-14(20)13-4-2-11-21-13/h2,4,11-12H,3,5-10H2,1H3,(H2,16,18)(H,17,20). The van der Waals surface area contributed by atoms with Gasteiger partial charge in [-0.1, -0.05) is 13.0 Å². The van der Waals surface area contributed by atoms with Crippen LogP contribution < -0.4 is 11.1 Å². The largest absolute Gasteiger partial charge is 0.370 e. The maximum atomic E-state index is 11.7. The van der Waals surface area contributed by atoms with E-state index in [1.807, 2.05) is 17.5 Å². The van der Waals surface area contributed by atoms with Crippen molar-refractivity contribution in [2.45, 2.75) is 26.2 Å². The molecule has 1 amide bonds. The fourth-order valence-electron chi connectivity index (χ4n) is 2.31. The van der Waals surface area contributed by atoms with Crippen LogP contribution in [0.25, 0.3) is 0 Å². The first kappa shape index (κ1) is 15.8. The zero-order valence-corrected chi connectivity index (χ0v) is 13.4. The summed E-state index contributed by atoms with van der Waals surface area (Å²) in [5, 5.41) is 4.79. The number of hydrogen-bond donors (Lipinski definition) is 2. The van der Waals surface area contributed by atoms with E-state index in [4.69, 9.17) is 5.73 Å². The lowest BCUT2D eigenvalue weighted by Crippen LogP contribution is -2.42. The van der Waals surface area contributed by atoms with Crippen molar-refractivity contribution in [3.05, 3.63) is 22.4 Å². The van der Waals surface area contributed by atoms with Crippen LogP contribution in [0.15, 0.2) is 22.5 Å². The number of piperidine rings is 1. The Morgan fingerprint density at radius 3 is 2.95 bits per heavy atom. The van der Waals surface area contributed by atoms with E-state index in [0.29, 0.717) is 19.0 Å². The number of nitrogens with zero attached hydrogens (tertiary/aromatic N) is 2. The summed E-state index contributed by atoms with van der Waals surface area (Å²) in [6.07, 6.45) is 3.18. The number of hydrogen-bond acceptors (Lipinski definition) is 3. The zero-order chi connectivity index (χ0) is 15.1. The molecule has 0 unspecified atom stereocenters. The third-order valence-electron chi connectivity index (χ3n) is 3.75. The molecule has 1 aromatic rings. The van der Waals surface area contributed by atoms with Gasteiger partial charge in [0, 0.05) is 26.2 Å². The Kier molecular flexibility index (Phi) is 6.04. The first-order valence-corrected chi connectivity index (χ1v) is 8.41. The Labute approximate surface area is 130 Å². The molecular weight excluding hydrogens is 284 g/mol. The normalized spacial score (nSPS) is 17.0.